The van der Waals surface area contributed by atoms with E-state index in [9.17, 15) is 4.79 Å². The van der Waals surface area contributed by atoms with Crippen LogP contribution in [0.5, 0.6) is 5.75 Å². The van der Waals surface area contributed by atoms with Crippen LogP contribution in [0.15, 0.2) is 35.7 Å². The Morgan fingerprint density at radius 1 is 1.41 bits per heavy atom. The Bertz CT molecular complexity index is 795. The van der Waals surface area contributed by atoms with Gasteiger partial charge < -0.3 is 9.47 Å². The summed E-state index contributed by atoms with van der Waals surface area (Å²) in [6.45, 7) is 6.73. The summed E-state index contributed by atoms with van der Waals surface area (Å²) in [6, 6.07) is 7.54. The Balaban J connectivity index is 1.53. The van der Waals surface area contributed by atoms with Gasteiger partial charge in [-0.15, -0.1) is 11.3 Å². The zero-order valence-electron chi connectivity index (χ0n) is 15.8. The van der Waals surface area contributed by atoms with E-state index in [1.807, 2.05) is 29.6 Å². The Morgan fingerprint density at radius 2 is 2.19 bits per heavy atom. The molecule has 1 N–H and O–H groups in total. The first-order chi connectivity index (χ1) is 13.0. The van der Waals surface area contributed by atoms with Gasteiger partial charge in [-0.1, -0.05) is 12.1 Å². The zero-order chi connectivity index (χ0) is 19.2. The molecule has 2 atom stereocenters. The molecule has 3 rings (SSSR count). The number of amides is 1. The molecule has 7 heteroatoms. The summed E-state index contributed by atoms with van der Waals surface area (Å²) in [6.07, 6.45) is 3.71. The van der Waals surface area contributed by atoms with Gasteiger partial charge in [-0.2, -0.15) is 0 Å². The molecule has 1 amide bonds. The molecule has 144 valence electrons. The van der Waals surface area contributed by atoms with E-state index in [2.05, 4.69) is 29.0 Å². The summed E-state index contributed by atoms with van der Waals surface area (Å²) < 4.78 is 10.9. The Labute approximate surface area is 163 Å². The summed E-state index contributed by atoms with van der Waals surface area (Å²) in [5.41, 5.74) is 1.87. The summed E-state index contributed by atoms with van der Waals surface area (Å²) in [7, 11) is 1.62. The molecule has 2 aromatic rings. The smallest absolute Gasteiger partial charge is 0.250 e. The van der Waals surface area contributed by atoms with Crippen LogP contribution in [-0.4, -0.2) is 48.2 Å². The number of carbonyl (C=O) groups is 1. The molecule has 27 heavy (non-hydrogen) atoms. The van der Waals surface area contributed by atoms with Crippen LogP contribution in [0.25, 0.3) is 6.08 Å². The van der Waals surface area contributed by atoms with Gasteiger partial charge in [-0.25, -0.2) is 4.98 Å². The second kappa shape index (κ2) is 9.12. The maximum absolute atomic E-state index is 12.1. The fraction of sp³-hybridized carbons (Fsp3) is 0.400. The van der Waals surface area contributed by atoms with Gasteiger partial charge >= 0.3 is 0 Å². The minimum atomic E-state index is -0.202. The average molecular weight is 388 g/mol. The minimum Gasteiger partial charge on any atom is -0.497 e. The maximum Gasteiger partial charge on any atom is 0.250 e. The molecule has 1 fully saturated rings. The van der Waals surface area contributed by atoms with Crippen molar-refractivity contribution in [3.05, 3.63) is 47.0 Å². The van der Waals surface area contributed by atoms with Crippen LogP contribution in [0.2, 0.25) is 0 Å². The lowest BCUT2D eigenvalue weighted by molar-refractivity contribution is -0.111. The van der Waals surface area contributed by atoms with Crippen LogP contribution in [0.1, 0.15) is 25.1 Å². The second-order valence-corrected chi connectivity index (χ2v) is 7.55. The second-order valence-electron chi connectivity index (χ2n) is 6.69. The van der Waals surface area contributed by atoms with Crippen LogP contribution >= 0.6 is 11.3 Å². The normalized spacial score (nSPS) is 20.7. The number of nitrogens with one attached hydrogen (secondary N) is 1. The van der Waals surface area contributed by atoms with Crippen LogP contribution in [0, 0.1) is 0 Å². The van der Waals surface area contributed by atoms with E-state index in [0.717, 1.165) is 36.6 Å². The van der Waals surface area contributed by atoms with E-state index in [-0.39, 0.29) is 18.1 Å². The SMILES string of the molecule is COc1cccc(/C=C/C(=O)Nc2nc(CN3CC(C)OC(C)C3)cs2)c1. The first-order valence-electron chi connectivity index (χ1n) is 8.97. The summed E-state index contributed by atoms with van der Waals surface area (Å²) in [5.74, 6) is 0.557. The predicted molar refractivity (Wildman–Crippen MR) is 108 cm³/mol. The molecule has 1 aliphatic heterocycles. The molecule has 1 aromatic heterocycles. The molecule has 0 saturated carbocycles. The number of anilines is 1. The van der Waals surface area contributed by atoms with Crippen molar-refractivity contribution in [2.24, 2.45) is 0 Å². The molecule has 2 heterocycles. The molecular weight excluding hydrogens is 362 g/mol. The molecular formula is C20H25N3O3S. The molecule has 1 aromatic carbocycles. The third kappa shape index (κ3) is 5.89. The van der Waals surface area contributed by atoms with Gasteiger partial charge in [0, 0.05) is 31.1 Å². The number of methoxy groups -OCH3 is 1. The third-order valence-corrected chi connectivity index (χ3v) is 4.99. The summed E-state index contributed by atoms with van der Waals surface area (Å²) >= 11 is 1.44. The first kappa shape index (κ1) is 19.5. The maximum atomic E-state index is 12.1. The Kier molecular flexibility index (Phi) is 6.60. The quantitative estimate of drug-likeness (QED) is 0.770. The van der Waals surface area contributed by atoms with Crippen molar-refractivity contribution < 1.29 is 14.3 Å². The first-order valence-corrected chi connectivity index (χ1v) is 9.85. The van der Waals surface area contributed by atoms with Crippen molar-refractivity contribution in [3.63, 3.8) is 0 Å². The Hall–Kier alpha value is -2.22. The molecule has 0 bridgehead atoms. The molecule has 0 spiro atoms. The van der Waals surface area contributed by atoms with Crippen molar-refractivity contribution in [1.29, 1.82) is 0 Å². The zero-order valence-corrected chi connectivity index (χ0v) is 16.7. The van der Waals surface area contributed by atoms with Gasteiger partial charge in [-0.05, 0) is 37.6 Å². The van der Waals surface area contributed by atoms with Gasteiger partial charge in [-0.3, -0.25) is 15.0 Å². The minimum absolute atomic E-state index is 0.202. The van der Waals surface area contributed by atoms with Crippen LogP contribution in [0.4, 0.5) is 5.13 Å². The van der Waals surface area contributed by atoms with Gasteiger partial charge in [0.15, 0.2) is 5.13 Å². The van der Waals surface area contributed by atoms with E-state index in [4.69, 9.17) is 9.47 Å². The van der Waals surface area contributed by atoms with E-state index in [0.29, 0.717) is 5.13 Å². The molecule has 1 aliphatic rings. The van der Waals surface area contributed by atoms with Crippen molar-refractivity contribution in [2.75, 3.05) is 25.5 Å². The van der Waals surface area contributed by atoms with Crippen molar-refractivity contribution in [3.8, 4) is 5.75 Å². The van der Waals surface area contributed by atoms with Crippen molar-refractivity contribution in [2.45, 2.75) is 32.6 Å². The number of rotatable bonds is 6. The van der Waals surface area contributed by atoms with Crippen molar-refractivity contribution >= 4 is 28.5 Å². The lowest BCUT2D eigenvalue weighted by Crippen LogP contribution is -2.44. The number of nitrogens with zero attached hydrogens (tertiary/aromatic N) is 2. The summed E-state index contributed by atoms with van der Waals surface area (Å²) in [5, 5.41) is 5.43. The van der Waals surface area contributed by atoms with E-state index < -0.39 is 0 Å². The van der Waals surface area contributed by atoms with Crippen LogP contribution in [0.3, 0.4) is 0 Å². The van der Waals surface area contributed by atoms with Crippen LogP contribution in [-0.2, 0) is 16.1 Å². The summed E-state index contributed by atoms with van der Waals surface area (Å²) in [4.78, 5) is 19.0. The topological polar surface area (TPSA) is 63.7 Å². The number of aromatic nitrogens is 1. The highest BCUT2D eigenvalue weighted by Crippen LogP contribution is 2.19. The highest BCUT2D eigenvalue weighted by molar-refractivity contribution is 7.13. The Morgan fingerprint density at radius 3 is 2.93 bits per heavy atom. The number of thiazole rings is 1. The van der Waals surface area contributed by atoms with Gasteiger partial charge in [0.1, 0.15) is 5.75 Å². The van der Waals surface area contributed by atoms with Gasteiger partial charge in [0.05, 0.1) is 25.0 Å². The highest BCUT2D eigenvalue weighted by atomic mass is 32.1. The predicted octanol–water partition coefficient (Wildman–Crippen LogP) is 3.41. The number of morpholine rings is 1. The molecule has 0 radical (unpaired) electrons. The van der Waals surface area contributed by atoms with Gasteiger partial charge in [0.25, 0.3) is 0 Å². The van der Waals surface area contributed by atoms with E-state index in [1.54, 1.807) is 13.2 Å². The monoisotopic (exact) mass is 387 g/mol. The number of benzene rings is 1. The van der Waals surface area contributed by atoms with Gasteiger partial charge in [0.2, 0.25) is 5.91 Å². The van der Waals surface area contributed by atoms with Crippen LogP contribution < -0.4 is 10.1 Å². The fourth-order valence-electron chi connectivity index (χ4n) is 3.14. The molecule has 6 nitrogen and oxygen atoms in total. The third-order valence-electron chi connectivity index (χ3n) is 4.18. The van der Waals surface area contributed by atoms with E-state index in [1.165, 1.54) is 17.4 Å². The number of ether oxygens (including phenoxy) is 2. The lowest BCUT2D eigenvalue weighted by Gasteiger charge is -2.34. The largest absolute Gasteiger partial charge is 0.497 e. The average Bonchev–Trinajstić information content (AvgIpc) is 3.06. The number of hydrogen-bond acceptors (Lipinski definition) is 6. The molecule has 2 unspecified atom stereocenters. The standard InChI is InChI=1S/C20H25N3O3S/c1-14-10-23(11-15(2)26-14)12-17-13-27-20(21-17)22-19(24)8-7-16-5-4-6-18(9-16)25-3/h4-9,13-15H,10-12H2,1-3H3,(H,21,22,24)/b8-7+. The molecule has 0 aliphatic carbocycles. The fourth-order valence-corrected chi connectivity index (χ4v) is 3.85. The van der Waals surface area contributed by atoms with Crippen molar-refractivity contribution in [1.82, 2.24) is 9.88 Å². The number of carbonyl (C=O) groups excluding carboxylic acids is 1. The highest BCUT2D eigenvalue weighted by Gasteiger charge is 2.22. The number of hydrogen-bond donors (Lipinski definition) is 1. The van der Waals surface area contributed by atoms with E-state index >= 15 is 0 Å². The lowest BCUT2D eigenvalue weighted by atomic mass is 10.2. The molecule has 1 saturated heterocycles.